The predicted octanol–water partition coefficient (Wildman–Crippen LogP) is 3.84. The van der Waals surface area contributed by atoms with Gasteiger partial charge in [-0.1, -0.05) is 12.1 Å². The third kappa shape index (κ3) is 4.28. The summed E-state index contributed by atoms with van der Waals surface area (Å²) in [6.45, 7) is 4.83. The molecule has 0 fully saturated rings. The molecule has 0 atom stereocenters. The molecule has 0 saturated heterocycles. The molecule has 3 rings (SSSR count). The maximum atomic E-state index is 12.2. The monoisotopic (exact) mass is 367 g/mol. The first-order chi connectivity index (χ1) is 13.1. The Labute approximate surface area is 158 Å². The molecule has 0 aromatic heterocycles. The van der Waals surface area contributed by atoms with Crippen molar-refractivity contribution in [1.29, 1.82) is 0 Å². The largest absolute Gasteiger partial charge is 0.497 e. The molecule has 2 aromatic rings. The number of hydrogen-bond donors (Lipinski definition) is 0. The fraction of sp³-hybridized carbons (Fsp3) is 0.238. The average Bonchev–Trinajstić information content (AvgIpc) is 3.04. The van der Waals surface area contributed by atoms with Gasteiger partial charge in [-0.2, -0.15) is 0 Å². The second kappa shape index (κ2) is 8.40. The standard InChI is InChI=1S/C21H21NO5/c1-4-25-18-11-8-15(13-19(18)26-5-2)20-22-17(21(23)27-20)12-14-6-9-16(24-3)10-7-14/h6-13H,4-5H2,1-3H3/b17-12+. The van der Waals surface area contributed by atoms with Gasteiger partial charge in [-0.25, -0.2) is 9.79 Å². The molecule has 140 valence electrons. The lowest BCUT2D eigenvalue weighted by atomic mass is 10.2. The van der Waals surface area contributed by atoms with Crippen LogP contribution in [0.4, 0.5) is 0 Å². The molecule has 0 spiro atoms. The van der Waals surface area contributed by atoms with E-state index in [0.29, 0.717) is 30.3 Å². The van der Waals surface area contributed by atoms with Crippen LogP contribution in [0.3, 0.4) is 0 Å². The minimum absolute atomic E-state index is 0.238. The van der Waals surface area contributed by atoms with E-state index in [2.05, 4.69) is 4.99 Å². The van der Waals surface area contributed by atoms with E-state index < -0.39 is 5.97 Å². The van der Waals surface area contributed by atoms with Gasteiger partial charge in [-0.15, -0.1) is 0 Å². The van der Waals surface area contributed by atoms with Gasteiger partial charge < -0.3 is 18.9 Å². The van der Waals surface area contributed by atoms with Gasteiger partial charge in [0.1, 0.15) is 5.75 Å². The summed E-state index contributed by atoms with van der Waals surface area (Å²) in [5.41, 5.74) is 1.71. The van der Waals surface area contributed by atoms with E-state index in [4.69, 9.17) is 18.9 Å². The van der Waals surface area contributed by atoms with Gasteiger partial charge in [0.05, 0.1) is 20.3 Å². The molecule has 1 aliphatic heterocycles. The van der Waals surface area contributed by atoms with Crippen molar-refractivity contribution in [2.45, 2.75) is 13.8 Å². The van der Waals surface area contributed by atoms with Gasteiger partial charge >= 0.3 is 5.97 Å². The molecule has 0 radical (unpaired) electrons. The van der Waals surface area contributed by atoms with E-state index in [1.807, 2.05) is 38.1 Å². The van der Waals surface area contributed by atoms with Crippen LogP contribution in [-0.4, -0.2) is 32.2 Å². The lowest BCUT2D eigenvalue weighted by Gasteiger charge is -2.11. The quantitative estimate of drug-likeness (QED) is 0.549. The minimum atomic E-state index is -0.493. The highest BCUT2D eigenvalue weighted by Gasteiger charge is 2.25. The summed E-state index contributed by atoms with van der Waals surface area (Å²) in [5.74, 6) is 1.72. The number of nitrogens with zero attached hydrogens (tertiary/aromatic N) is 1. The van der Waals surface area contributed by atoms with Crippen molar-refractivity contribution in [3.05, 3.63) is 59.3 Å². The fourth-order valence-electron chi connectivity index (χ4n) is 2.57. The summed E-state index contributed by atoms with van der Waals surface area (Å²) in [6, 6.07) is 12.7. The molecule has 1 heterocycles. The zero-order valence-electron chi connectivity index (χ0n) is 15.5. The molecule has 6 nitrogen and oxygen atoms in total. The molecular formula is C21H21NO5. The Bertz CT molecular complexity index is 884. The third-order valence-electron chi connectivity index (χ3n) is 3.83. The molecule has 0 amide bonds. The second-order valence-corrected chi connectivity index (χ2v) is 5.64. The molecule has 1 aliphatic rings. The van der Waals surface area contributed by atoms with Crippen LogP contribution in [0.5, 0.6) is 17.2 Å². The zero-order chi connectivity index (χ0) is 19.2. The van der Waals surface area contributed by atoms with E-state index in [-0.39, 0.29) is 11.6 Å². The first-order valence-corrected chi connectivity index (χ1v) is 8.71. The number of benzene rings is 2. The minimum Gasteiger partial charge on any atom is -0.497 e. The van der Waals surface area contributed by atoms with E-state index in [1.54, 1.807) is 31.4 Å². The average molecular weight is 367 g/mol. The second-order valence-electron chi connectivity index (χ2n) is 5.64. The summed E-state index contributed by atoms with van der Waals surface area (Å²) in [4.78, 5) is 16.5. The molecule has 0 aliphatic carbocycles. The molecule has 0 saturated carbocycles. The molecule has 0 bridgehead atoms. The van der Waals surface area contributed by atoms with Gasteiger partial charge in [0.25, 0.3) is 0 Å². The molecule has 2 aromatic carbocycles. The van der Waals surface area contributed by atoms with Crippen molar-refractivity contribution in [2.75, 3.05) is 20.3 Å². The van der Waals surface area contributed by atoms with Crippen molar-refractivity contribution in [3.63, 3.8) is 0 Å². The van der Waals surface area contributed by atoms with Gasteiger partial charge in [0, 0.05) is 5.56 Å². The lowest BCUT2D eigenvalue weighted by molar-refractivity contribution is -0.129. The van der Waals surface area contributed by atoms with Crippen molar-refractivity contribution in [2.24, 2.45) is 4.99 Å². The van der Waals surface area contributed by atoms with Crippen LogP contribution in [0.15, 0.2) is 53.2 Å². The van der Waals surface area contributed by atoms with Gasteiger partial charge in [0.2, 0.25) is 5.90 Å². The molecule has 27 heavy (non-hydrogen) atoms. The highest BCUT2D eigenvalue weighted by molar-refractivity contribution is 6.13. The Balaban J connectivity index is 1.88. The number of esters is 1. The first kappa shape index (κ1) is 18.5. The summed E-state index contributed by atoms with van der Waals surface area (Å²) in [7, 11) is 1.60. The Morgan fingerprint density at radius 1 is 1.00 bits per heavy atom. The van der Waals surface area contributed by atoms with Crippen LogP contribution in [-0.2, 0) is 9.53 Å². The van der Waals surface area contributed by atoms with Gasteiger partial charge in [-0.05, 0) is 55.8 Å². The van der Waals surface area contributed by atoms with Crippen LogP contribution in [0.2, 0.25) is 0 Å². The molecule has 6 heteroatoms. The topological polar surface area (TPSA) is 66.4 Å². The van der Waals surface area contributed by atoms with E-state index in [9.17, 15) is 4.79 Å². The number of aliphatic imine (C=N–C) groups is 1. The van der Waals surface area contributed by atoms with Gasteiger partial charge in [0.15, 0.2) is 17.2 Å². The highest BCUT2D eigenvalue weighted by atomic mass is 16.6. The Hall–Kier alpha value is -3.28. The number of ether oxygens (including phenoxy) is 4. The van der Waals surface area contributed by atoms with Gasteiger partial charge in [-0.3, -0.25) is 0 Å². The Kier molecular flexibility index (Phi) is 5.76. The van der Waals surface area contributed by atoms with Crippen molar-refractivity contribution in [1.82, 2.24) is 0 Å². The predicted molar refractivity (Wildman–Crippen MR) is 102 cm³/mol. The SMILES string of the molecule is CCOc1ccc(C2=N/C(=C/c3ccc(OC)cc3)C(=O)O2)cc1OCC. The maximum Gasteiger partial charge on any atom is 0.363 e. The number of carbonyl (C=O) groups is 1. The van der Waals surface area contributed by atoms with E-state index in [0.717, 1.165) is 11.3 Å². The summed E-state index contributed by atoms with van der Waals surface area (Å²) >= 11 is 0. The highest BCUT2D eigenvalue weighted by Crippen LogP contribution is 2.30. The summed E-state index contributed by atoms with van der Waals surface area (Å²) in [6.07, 6.45) is 1.67. The van der Waals surface area contributed by atoms with Crippen LogP contribution in [0, 0.1) is 0 Å². The van der Waals surface area contributed by atoms with Crippen molar-refractivity contribution < 1.29 is 23.7 Å². The number of hydrogen-bond acceptors (Lipinski definition) is 6. The van der Waals surface area contributed by atoms with Crippen molar-refractivity contribution >= 4 is 17.9 Å². The number of carbonyl (C=O) groups excluding carboxylic acids is 1. The van der Waals surface area contributed by atoms with Crippen LogP contribution in [0.1, 0.15) is 25.0 Å². The number of methoxy groups -OCH3 is 1. The third-order valence-corrected chi connectivity index (χ3v) is 3.83. The fourth-order valence-corrected chi connectivity index (χ4v) is 2.57. The van der Waals surface area contributed by atoms with Crippen LogP contribution in [0.25, 0.3) is 6.08 Å². The zero-order valence-corrected chi connectivity index (χ0v) is 15.5. The maximum absolute atomic E-state index is 12.2. The number of rotatable bonds is 7. The molecule has 0 unspecified atom stereocenters. The summed E-state index contributed by atoms with van der Waals surface area (Å²) in [5, 5.41) is 0. The van der Waals surface area contributed by atoms with Crippen LogP contribution < -0.4 is 14.2 Å². The lowest BCUT2D eigenvalue weighted by Crippen LogP contribution is -2.06. The summed E-state index contributed by atoms with van der Waals surface area (Å²) < 4.78 is 21.6. The van der Waals surface area contributed by atoms with Crippen LogP contribution >= 0.6 is 0 Å². The number of cyclic esters (lactones) is 1. The molecular weight excluding hydrogens is 346 g/mol. The van der Waals surface area contributed by atoms with E-state index >= 15 is 0 Å². The first-order valence-electron chi connectivity index (χ1n) is 8.71. The normalized spacial score (nSPS) is 14.7. The molecule has 0 N–H and O–H groups in total. The van der Waals surface area contributed by atoms with Crippen molar-refractivity contribution in [3.8, 4) is 17.2 Å². The Morgan fingerprint density at radius 3 is 2.37 bits per heavy atom. The smallest absolute Gasteiger partial charge is 0.363 e. The Morgan fingerprint density at radius 2 is 1.70 bits per heavy atom. The van der Waals surface area contributed by atoms with E-state index in [1.165, 1.54) is 0 Å².